The fourth-order valence-electron chi connectivity index (χ4n) is 1.37. The second kappa shape index (κ2) is 9.95. The van der Waals surface area contributed by atoms with Crippen molar-refractivity contribution in [1.29, 1.82) is 5.26 Å². The molecule has 0 rings (SSSR count). The Bertz CT molecular complexity index is 174. The van der Waals surface area contributed by atoms with Crippen molar-refractivity contribution in [3.05, 3.63) is 0 Å². The van der Waals surface area contributed by atoms with Crippen molar-refractivity contribution in [3.8, 4) is 6.07 Å². The Balaban J connectivity index is 3.20. The predicted molar refractivity (Wildman–Crippen MR) is 64.7 cm³/mol. The lowest BCUT2D eigenvalue weighted by Crippen LogP contribution is -2.35. The molecule has 0 fully saturated rings. The lowest BCUT2D eigenvalue weighted by molar-refractivity contribution is 0.252. The second-order valence-electron chi connectivity index (χ2n) is 4.10. The van der Waals surface area contributed by atoms with E-state index in [2.05, 4.69) is 37.2 Å². The van der Waals surface area contributed by atoms with Crippen molar-refractivity contribution in [2.75, 3.05) is 26.7 Å². The summed E-state index contributed by atoms with van der Waals surface area (Å²) in [5.74, 6) is 0. The van der Waals surface area contributed by atoms with Gasteiger partial charge in [-0.3, -0.25) is 0 Å². The lowest BCUT2D eigenvalue weighted by atomic mass is 10.2. The number of nitrogens with one attached hydrogen (secondary N) is 1. The molecule has 1 N–H and O–H groups in total. The molecule has 0 aliphatic heterocycles. The van der Waals surface area contributed by atoms with Crippen molar-refractivity contribution in [2.45, 2.75) is 45.6 Å². The SMILES string of the molecule is CCC(C)N(C)CCNCCCCC#N. The average molecular weight is 211 g/mol. The summed E-state index contributed by atoms with van der Waals surface area (Å²) in [7, 11) is 2.17. The number of rotatable bonds is 9. The van der Waals surface area contributed by atoms with Gasteiger partial charge in [0.2, 0.25) is 0 Å². The Labute approximate surface area is 94.5 Å². The van der Waals surface area contributed by atoms with Crippen LogP contribution in [0.15, 0.2) is 0 Å². The van der Waals surface area contributed by atoms with Gasteiger partial charge in [-0.15, -0.1) is 0 Å². The van der Waals surface area contributed by atoms with Crippen LogP contribution in [-0.4, -0.2) is 37.6 Å². The van der Waals surface area contributed by atoms with Gasteiger partial charge in [0.05, 0.1) is 6.07 Å². The molecule has 0 radical (unpaired) electrons. The Morgan fingerprint density at radius 2 is 2.07 bits per heavy atom. The van der Waals surface area contributed by atoms with Gasteiger partial charge in [-0.2, -0.15) is 5.26 Å². The molecule has 0 aromatic carbocycles. The van der Waals surface area contributed by atoms with Gasteiger partial charge in [0.1, 0.15) is 0 Å². The summed E-state index contributed by atoms with van der Waals surface area (Å²) in [6.45, 7) is 7.67. The van der Waals surface area contributed by atoms with Crippen LogP contribution in [0.3, 0.4) is 0 Å². The molecule has 0 aliphatic carbocycles. The highest BCUT2D eigenvalue weighted by molar-refractivity contribution is 4.68. The molecular weight excluding hydrogens is 186 g/mol. The molecular formula is C12H25N3. The molecule has 0 heterocycles. The normalized spacial score (nSPS) is 12.7. The highest BCUT2D eigenvalue weighted by Crippen LogP contribution is 1.98. The van der Waals surface area contributed by atoms with E-state index in [9.17, 15) is 0 Å². The highest BCUT2D eigenvalue weighted by Gasteiger charge is 2.04. The summed E-state index contributed by atoms with van der Waals surface area (Å²) in [6.07, 6.45) is 4.03. The van der Waals surface area contributed by atoms with E-state index in [0.29, 0.717) is 12.5 Å². The number of hydrogen-bond acceptors (Lipinski definition) is 3. The molecule has 0 spiro atoms. The first-order valence-corrected chi connectivity index (χ1v) is 6.00. The summed E-state index contributed by atoms with van der Waals surface area (Å²) in [6, 6.07) is 2.84. The maximum Gasteiger partial charge on any atom is 0.0621 e. The van der Waals surface area contributed by atoms with Crippen LogP contribution < -0.4 is 5.32 Å². The van der Waals surface area contributed by atoms with Gasteiger partial charge < -0.3 is 10.2 Å². The van der Waals surface area contributed by atoms with E-state index in [0.717, 1.165) is 32.5 Å². The van der Waals surface area contributed by atoms with Gasteiger partial charge in [-0.25, -0.2) is 0 Å². The molecule has 1 unspecified atom stereocenters. The first-order chi connectivity index (χ1) is 7.22. The molecule has 0 saturated carbocycles. The third-order valence-electron chi connectivity index (χ3n) is 2.88. The molecule has 0 aromatic heterocycles. The number of hydrogen-bond donors (Lipinski definition) is 1. The van der Waals surface area contributed by atoms with E-state index >= 15 is 0 Å². The monoisotopic (exact) mass is 211 g/mol. The van der Waals surface area contributed by atoms with E-state index < -0.39 is 0 Å². The second-order valence-corrected chi connectivity index (χ2v) is 4.10. The predicted octanol–water partition coefficient (Wildman–Crippen LogP) is 2.00. The molecule has 0 amide bonds. The lowest BCUT2D eigenvalue weighted by Gasteiger charge is -2.23. The molecule has 3 nitrogen and oxygen atoms in total. The Morgan fingerprint density at radius 1 is 1.33 bits per heavy atom. The minimum atomic E-state index is 0.672. The van der Waals surface area contributed by atoms with E-state index in [1.54, 1.807) is 0 Å². The summed E-state index contributed by atoms with van der Waals surface area (Å²) < 4.78 is 0. The van der Waals surface area contributed by atoms with Crippen molar-refractivity contribution < 1.29 is 0 Å². The molecule has 0 aliphatic rings. The quantitative estimate of drug-likeness (QED) is 0.593. The van der Waals surface area contributed by atoms with Crippen LogP contribution in [0.5, 0.6) is 0 Å². The number of unbranched alkanes of at least 4 members (excludes halogenated alkanes) is 2. The van der Waals surface area contributed by atoms with Crippen molar-refractivity contribution >= 4 is 0 Å². The highest BCUT2D eigenvalue weighted by atomic mass is 15.1. The summed E-state index contributed by atoms with van der Waals surface area (Å²) >= 11 is 0. The molecule has 15 heavy (non-hydrogen) atoms. The Morgan fingerprint density at radius 3 is 2.67 bits per heavy atom. The Kier molecular flexibility index (Phi) is 9.55. The number of nitrogens with zero attached hydrogens (tertiary/aromatic N) is 2. The van der Waals surface area contributed by atoms with Gasteiger partial charge >= 0.3 is 0 Å². The van der Waals surface area contributed by atoms with Gasteiger partial charge in [-0.05, 0) is 39.8 Å². The third-order valence-corrected chi connectivity index (χ3v) is 2.88. The van der Waals surface area contributed by atoms with E-state index in [1.165, 1.54) is 6.42 Å². The summed E-state index contributed by atoms with van der Waals surface area (Å²) in [4.78, 5) is 2.38. The minimum Gasteiger partial charge on any atom is -0.315 e. The first kappa shape index (κ1) is 14.4. The van der Waals surface area contributed by atoms with Crippen LogP contribution in [0, 0.1) is 11.3 Å². The van der Waals surface area contributed by atoms with Crippen LogP contribution in [0.25, 0.3) is 0 Å². The molecule has 1 atom stereocenters. The molecule has 0 aromatic rings. The topological polar surface area (TPSA) is 39.1 Å². The van der Waals surface area contributed by atoms with Gasteiger partial charge in [0.15, 0.2) is 0 Å². The van der Waals surface area contributed by atoms with E-state index in [1.807, 2.05) is 0 Å². The fourth-order valence-corrected chi connectivity index (χ4v) is 1.37. The first-order valence-electron chi connectivity index (χ1n) is 6.00. The zero-order valence-corrected chi connectivity index (χ0v) is 10.4. The zero-order valence-electron chi connectivity index (χ0n) is 10.4. The zero-order chi connectivity index (χ0) is 11.5. The smallest absolute Gasteiger partial charge is 0.0621 e. The van der Waals surface area contributed by atoms with Crippen LogP contribution in [0.2, 0.25) is 0 Å². The van der Waals surface area contributed by atoms with Gasteiger partial charge in [0, 0.05) is 25.6 Å². The largest absolute Gasteiger partial charge is 0.315 e. The van der Waals surface area contributed by atoms with Gasteiger partial charge in [0.25, 0.3) is 0 Å². The summed E-state index contributed by atoms with van der Waals surface area (Å²) in [5.41, 5.74) is 0. The van der Waals surface area contributed by atoms with E-state index in [-0.39, 0.29) is 0 Å². The van der Waals surface area contributed by atoms with Crippen molar-refractivity contribution in [3.63, 3.8) is 0 Å². The molecule has 0 bridgehead atoms. The number of likely N-dealkylation sites (N-methyl/N-ethyl adjacent to an activating group) is 1. The summed E-state index contributed by atoms with van der Waals surface area (Å²) in [5, 5.41) is 11.8. The third kappa shape index (κ3) is 8.41. The van der Waals surface area contributed by atoms with Crippen molar-refractivity contribution in [2.24, 2.45) is 0 Å². The molecule has 0 saturated heterocycles. The standard InChI is InChI=1S/C12H25N3/c1-4-12(2)15(3)11-10-14-9-7-5-6-8-13/h12,14H,4-7,9-11H2,1-3H3. The maximum atomic E-state index is 8.35. The fraction of sp³-hybridized carbons (Fsp3) is 0.917. The maximum absolute atomic E-state index is 8.35. The van der Waals surface area contributed by atoms with Crippen LogP contribution >= 0.6 is 0 Å². The van der Waals surface area contributed by atoms with Crippen molar-refractivity contribution in [1.82, 2.24) is 10.2 Å². The van der Waals surface area contributed by atoms with Crippen LogP contribution in [-0.2, 0) is 0 Å². The van der Waals surface area contributed by atoms with Gasteiger partial charge in [-0.1, -0.05) is 6.92 Å². The number of nitriles is 1. The minimum absolute atomic E-state index is 0.672. The molecule has 88 valence electrons. The molecule has 3 heteroatoms. The average Bonchev–Trinajstić information content (AvgIpc) is 2.26. The van der Waals surface area contributed by atoms with Crippen LogP contribution in [0.1, 0.15) is 39.5 Å². The Hall–Kier alpha value is -0.590. The van der Waals surface area contributed by atoms with E-state index in [4.69, 9.17) is 5.26 Å². The van der Waals surface area contributed by atoms with Crippen LogP contribution in [0.4, 0.5) is 0 Å².